The molecule has 1 fully saturated rings. The zero-order valence-corrected chi connectivity index (χ0v) is 12.0. The second kappa shape index (κ2) is 6.50. The Labute approximate surface area is 122 Å². The predicted octanol–water partition coefficient (Wildman–Crippen LogP) is 4.54. The molecule has 0 spiro atoms. The summed E-state index contributed by atoms with van der Waals surface area (Å²) in [6.07, 6.45) is 0.766. The normalized spacial score (nSPS) is 17.7. The second-order valence-corrected chi connectivity index (χ2v) is 5.58. The van der Waals surface area contributed by atoms with Gasteiger partial charge in [-0.05, 0) is 30.0 Å². The molecule has 1 saturated carbocycles. The lowest BCUT2D eigenvalue weighted by molar-refractivity contribution is -0.142. The molecule has 1 aromatic rings. The highest BCUT2D eigenvalue weighted by atomic mass is 19.4. The van der Waals surface area contributed by atoms with Gasteiger partial charge < -0.3 is 4.74 Å². The average molecular weight is 300 g/mol. The Morgan fingerprint density at radius 2 is 1.81 bits per heavy atom. The van der Waals surface area contributed by atoms with Crippen LogP contribution >= 0.6 is 0 Å². The molecule has 1 aliphatic rings. The Kier molecular flexibility index (Phi) is 4.91. The number of rotatable bonds is 4. The summed E-state index contributed by atoms with van der Waals surface area (Å²) in [5.74, 6) is -0.390. The van der Waals surface area contributed by atoms with E-state index in [4.69, 9.17) is 4.74 Å². The monoisotopic (exact) mass is 300 g/mol. The molecule has 0 saturated heterocycles. The first-order valence-corrected chi connectivity index (χ1v) is 7.17. The van der Waals surface area contributed by atoms with Crippen LogP contribution in [-0.4, -0.2) is 13.1 Å². The zero-order valence-electron chi connectivity index (χ0n) is 12.0. The molecule has 0 heterocycles. The van der Waals surface area contributed by atoms with Gasteiger partial charge in [0.2, 0.25) is 0 Å². The lowest BCUT2D eigenvalue weighted by Gasteiger charge is -2.19. The maximum atomic E-state index is 12.6. The van der Waals surface area contributed by atoms with E-state index in [0.29, 0.717) is 17.9 Å². The van der Waals surface area contributed by atoms with Gasteiger partial charge in [-0.15, -0.1) is 0 Å². The highest BCUT2D eigenvalue weighted by Gasteiger charge is 2.31. The molecular weight excluding hydrogens is 281 g/mol. The molecule has 0 aliphatic heterocycles. The Hall–Kier alpha value is -1.52. The Morgan fingerprint density at radius 1 is 1.24 bits per heavy atom. The van der Waals surface area contributed by atoms with Gasteiger partial charge >= 0.3 is 12.1 Å². The quantitative estimate of drug-likeness (QED) is 0.763. The van der Waals surface area contributed by atoms with Gasteiger partial charge in [-0.3, -0.25) is 4.79 Å². The van der Waals surface area contributed by atoms with Crippen LogP contribution in [-0.2, 0) is 15.7 Å². The fraction of sp³-hybridized carbons (Fsp3) is 0.562. The van der Waals surface area contributed by atoms with Crippen LogP contribution in [0.15, 0.2) is 24.3 Å². The molecule has 0 N–H and O–H groups in total. The number of methoxy groups -OCH3 is 1. The SMILES string of the molecule is COC(=O)C(CC1CCCC1)c1ccc(C(F)(F)F)cc1. The third kappa shape index (κ3) is 3.99. The number of hydrogen-bond donors (Lipinski definition) is 0. The van der Waals surface area contributed by atoms with Gasteiger partial charge in [0, 0.05) is 0 Å². The van der Waals surface area contributed by atoms with E-state index in [9.17, 15) is 18.0 Å². The number of benzene rings is 1. The molecule has 21 heavy (non-hydrogen) atoms. The van der Waals surface area contributed by atoms with Crippen LogP contribution in [0.1, 0.15) is 49.1 Å². The van der Waals surface area contributed by atoms with Crippen LogP contribution in [0.4, 0.5) is 13.2 Å². The lowest BCUT2D eigenvalue weighted by Crippen LogP contribution is -2.17. The smallest absolute Gasteiger partial charge is 0.416 e. The molecule has 0 bridgehead atoms. The number of carbonyl (C=O) groups is 1. The van der Waals surface area contributed by atoms with E-state index in [1.807, 2.05) is 0 Å². The van der Waals surface area contributed by atoms with E-state index in [-0.39, 0.29) is 5.97 Å². The number of alkyl halides is 3. The molecule has 2 rings (SSSR count). The van der Waals surface area contributed by atoms with Crippen molar-refractivity contribution in [3.63, 3.8) is 0 Å². The van der Waals surface area contributed by atoms with Crippen molar-refractivity contribution in [1.29, 1.82) is 0 Å². The van der Waals surface area contributed by atoms with Gasteiger partial charge in [-0.25, -0.2) is 0 Å². The molecule has 1 unspecified atom stereocenters. The number of hydrogen-bond acceptors (Lipinski definition) is 2. The Bertz CT molecular complexity index is 473. The first-order chi connectivity index (χ1) is 9.91. The zero-order chi connectivity index (χ0) is 15.5. The molecule has 1 aromatic carbocycles. The van der Waals surface area contributed by atoms with Crippen molar-refractivity contribution >= 4 is 5.97 Å². The van der Waals surface area contributed by atoms with E-state index >= 15 is 0 Å². The summed E-state index contributed by atoms with van der Waals surface area (Å²) in [5, 5.41) is 0. The average Bonchev–Trinajstić information content (AvgIpc) is 2.96. The lowest BCUT2D eigenvalue weighted by atomic mass is 9.87. The van der Waals surface area contributed by atoms with Crippen LogP contribution in [0.2, 0.25) is 0 Å². The molecule has 1 aliphatic carbocycles. The van der Waals surface area contributed by atoms with Crippen molar-refractivity contribution in [3.8, 4) is 0 Å². The van der Waals surface area contributed by atoms with Crippen LogP contribution in [0.3, 0.4) is 0 Å². The fourth-order valence-electron chi connectivity index (χ4n) is 2.99. The number of halogens is 3. The molecule has 0 radical (unpaired) electrons. The van der Waals surface area contributed by atoms with E-state index in [0.717, 1.165) is 37.8 Å². The minimum absolute atomic E-state index is 0.373. The van der Waals surface area contributed by atoms with Crippen molar-refractivity contribution in [2.45, 2.75) is 44.2 Å². The van der Waals surface area contributed by atoms with Gasteiger partial charge in [0.15, 0.2) is 0 Å². The second-order valence-electron chi connectivity index (χ2n) is 5.58. The van der Waals surface area contributed by atoms with Crippen molar-refractivity contribution in [1.82, 2.24) is 0 Å². The van der Waals surface area contributed by atoms with Crippen LogP contribution in [0.5, 0.6) is 0 Å². The summed E-state index contributed by atoms with van der Waals surface area (Å²) in [4.78, 5) is 11.9. The summed E-state index contributed by atoms with van der Waals surface area (Å²) in [7, 11) is 1.31. The molecule has 0 aromatic heterocycles. The van der Waals surface area contributed by atoms with Gasteiger partial charge in [0.1, 0.15) is 0 Å². The highest BCUT2D eigenvalue weighted by molar-refractivity contribution is 5.78. The maximum absolute atomic E-state index is 12.6. The van der Waals surface area contributed by atoms with E-state index < -0.39 is 17.7 Å². The molecule has 116 valence electrons. The van der Waals surface area contributed by atoms with Crippen molar-refractivity contribution in [2.75, 3.05) is 7.11 Å². The van der Waals surface area contributed by atoms with Gasteiger partial charge in [-0.2, -0.15) is 13.2 Å². The van der Waals surface area contributed by atoms with Crippen LogP contribution < -0.4 is 0 Å². The number of carbonyl (C=O) groups excluding carboxylic acids is 1. The van der Waals surface area contributed by atoms with Gasteiger partial charge in [0.05, 0.1) is 18.6 Å². The van der Waals surface area contributed by atoms with Crippen molar-refractivity contribution in [2.24, 2.45) is 5.92 Å². The summed E-state index contributed by atoms with van der Waals surface area (Å²) in [5.41, 5.74) is -0.0996. The van der Waals surface area contributed by atoms with E-state index in [2.05, 4.69) is 0 Å². The minimum atomic E-state index is -4.36. The summed E-state index contributed by atoms with van der Waals surface area (Å²) in [6, 6.07) is 4.83. The minimum Gasteiger partial charge on any atom is -0.469 e. The standard InChI is InChI=1S/C16H19F3O2/c1-21-15(20)14(10-11-4-2-3-5-11)12-6-8-13(9-7-12)16(17,18)19/h6-9,11,14H,2-5,10H2,1H3. The Morgan fingerprint density at radius 3 is 2.29 bits per heavy atom. The summed E-state index contributed by atoms with van der Waals surface area (Å²) >= 11 is 0. The third-order valence-corrected chi connectivity index (χ3v) is 4.17. The molecule has 5 heteroatoms. The predicted molar refractivity (Wildman–Crippen MR) is 72.8 cm³/mol. The fourth-order valence-corrected chi connectivity index (χ4v) is 2.99. The van der Waals surface area contributed by atoms with Gasteiger partial charge in [-0.1, -0.05) is 37.8 Å². The third-order valence-electron chi connectivity index (χ3n) is 4.17. The van der Waals surface area contributed by atoms with Crippen LogP contribution in [0.25, 0.3) is 0 Å². The first kappa shape index (κ1) is 15.9. The highest BCUT2D eigenvalue weighted by Crippen LogP contribution is 2.36. The summed E-state index contributed by atoms with van der Waals surface area (Å²) in [6.45, 7) is 0. The molecular formula is C16H19F3O2. The van der Waals surface area contributed by atoms with Crippen LogP contribution in [0, 0.1) is 5.92 Å². The molecule has 1 atom stereocenters. The summed E-state index contributed by atoms with van der Waals surface area (Å²) < 4.78 is 42.6. The van der Waals surface area contributed by atoms with E-state index in [1.54, 1.807) is 0 Å². The van der Waals surface area contributed by atoms with Gasteiger partial charge in [0.25, 0.3) is 0 Å². The Balaban J connectivity index is 2.17. The number of ether oxygens (including phenoxy) is 1. The topological polar surface area (TPSA) is 26.3 Å². The number of esters is 1. The first-order valence-electron chi connectivity index (χ1n) is 7.17. The molecule has 0 amide bonds. The maximum Gasteiger partial charge on any atom is 0.416 e. The molecule has 2 nitrogen and oxygen atoms in total. The largest absolute Gasteiger partial charge is 0.469 e. The van der Waals surface area contributed by atoms with Crippen molar-refractivity contribution in [3.05, 3.63) is 35.4 Å². The van der Waals surface area contributed by atoms with E-state index in [1.165, 1.54) is 19.2 Å². The van der Waals surface area contributed by atoms with Crippen molar-refractivity contribution < 1.29 is 22.7 Å².